The highest BCUT2D eigenvalue weighted by Crippen LogP contribution is 2.55. The van der Waals surface area contributed by atoms with E-state index in [0.29, 0.717) is 19.4 Å². The monoisotopic (exact) mass is 932 g/mol. The molecular weight excluding hydrogens is 851 g/mol. The first-order valence-electron chi connectivity index (χ1n) is 25.6. The van der Waals surface area contributed by atoms with Gasteiger partial charge < -0.3 is 36.6 Å². The number of hydrogen-bond acceptors (Lipinski definition) is 8. The molecule has 13 nitrogen and oxygen atoms in total. The van der Waals surface area contributed by atoms with E-state index >= 15 is 0 Å². The van der Waals surface area contributed by atoms with E-state index in [1.54, 1.807) is 11.3 Å². The van der Waals surface area contributed by atoms with Crippen LogP contribution in [0.2, 0.25) is 0 Å². The molecular formula is C52H81N7O6S. The minimum Gasteiger partial charge on any atom is -0.391 e. The van der Waals surface area contributed by atoms with E-state index in [9.17, 15) is 29.1 Å². The van der Waals surface area contributed by atoms with Crippen molar-refractivity contribution in [2.24, 2.45) is 23.2 Å². The number of amides is 6. The Morgan fingerprint density at radius 2 is 1.29 bits per heavy atom. The number of carbonyl (C=O) groups is 5. The third-order valence-corrected chi connectivity index (χ3v) is 15.6. The van der Waals surface area contributed by atoms with E-state index in [1.165, 1.54) is 69.1 Å². The first-order chi connectivity index (χ1) is 31.7. The smallest absolute Gasteiger partial charge is 0.315 e. The highest BCUT2D eigenvalue weighted by molar-refractivity contribution is 7.13. The molecule has 14 heteroatoms. The van der Waals surface area contributed by atoms with Crippen molar-refractivity contribution in [3.8, 4) is 10.4 Å². The minimum absolute atomic E-state index is 0.0313. The van der Waals surface area contributed by atoms with Gasteiger partial charge in [0.25, 0.3) is 0 Å². The standard InChI is InChI=1S/C52H81N7O6S/c1-36-46(66-35-56-36)41-22-20-37(21-23-41)33-55-48(63)43-29-42(60)34-59(43)49(64)47(51(2,3)4)57-45(62)19-15-11-13-16-24-53-44(61)18-14-10-8-6-5-7-9-12-17-25-54-50(65)58-52-30-38-26-39(31-52)28-40(27-38)32-52/h20-23,35,38-40,42-43,47,60H,5-19,24-34H2,1-4H3,(H,53,61)(H,55,63)(H,57,62)(H2,54,58,65). The van der Waals surface area contributed by atoms with Gasteiger partial charge in [-0.05, 0) is 105 Å². The summed E-state index contributed by atoms with van der Waals surface area (Å²) in [6.45, 7) is 9.34. The summed E-state index contributed by atoms with van der Waals surface area (Å²) in [6, 6.07) is 6.29. The first kappa shape index (κ1) is 51.4. The lowest BCUT2D eigenvalue weighted by molar-refractivity contribution is -0.144. The Morgan fingerprint density at radius 3 is 1.85 bits per heavy atom. The van der Waals surface area contributed by atoms with E-state index in [4.69, 9.17) is 0 Å². The zero-order chi connectivity index (χ0) is 47.1. The molecule has 3 unspecified atom stereocenters. The number of nitrogens with zero attached hydrogens (tertiary/aromatic N) is 2. The molecule has 6 amide bonds. The summed E-state index contributed by atoms with van der Waals surface area (Å²) in [7, 11) is 0. The number of aliphatic hydroxyl groups is 1. The van der Waals surface area contributed by atoms with Gasteiger partial charge in [0.1, 0.15) is 12.1 Å². The average Bonchev–Trinajstić information content (AvgIpc) is 3.88. The fourth-order valence-electron chi connectivity index (χ4n) is 11.5. The van der Waals surface area contributed by atoms with Crippen molar-refractivity contribution in [3.05, 3.63) is 41.0 Å². The van der Waals surface area contributed by atoms with Crippen molar-refractivity contribution in [1.29, 1.82) is 0 Å². The van der Waals surface area contributed by atoms with Gasteiger partial charge in [-0.3, -0.25) is 19.2 Å². The van der Waals surface area contributed by atoms with Crippen LogP contribution in [-0.4, -0.2) is 88.0 Å². The molecule has 66 heavy (non-hydrogen) atoms. The van der Waals surface area contributed by atoms with Crippen molar-refractivity contribution < 1.29 is 29.1 Å². The molecule has 1 saturated heterocycles. The molecule has 0 radical (unpaired) electrons. The number of benzene rings is 1. The van der Waals surface area contributed by atoms with Crippen LogP contribution in [0.25, 0.3) is 10.4 Å². The Labute approximate surface area is 398 Å². The summed E-state index contributed by atoms with van der Waals surface area (Å²) in [5.41, 5.74) is 4.24. The van der Waals surface area contributed by atoms with Crippen molar-refractivity contribution in [2.45, 2.75) is 199 Å². The van der Waals surface area contributed by atoms with Gasteiger partial charge in [-0.2, -0.15) is 0 Å². The second-order valence-corrected chi connectivity index (χ2v) is 22.3. The van der Waals surface area contributed by atoms with E-state index < -0.39 is 23.6 Å². The number of urea groups is 1. The van der Waals surface area contributed by atoms with Crippen LogP contribution < -0.4 is 26.6 Å². The lowest BCUT2D eigenvalue weighted by atomic mass is 9.53. The van der Waals surface area contributed by atoms with Crippen molar-refractivity contribution in [2.75, 3.05) is 19.6 Å². The average molecular weight is 932 g/mol. The Bertz CT molecular complexity index is 1860. The number of aryl methyl sites for hydroxylation is 1. The van der Waals surface area contributed by atoms with Gasteiger partial charge in [0.05, 0.1) is 22.2 Å². The van der Waals surface area contributed by atoms with Gasteiger partial charge >= 0.3 is 6.03 Å². The molecule has 5 fully saturated rings. The van der Waals surface area contributed by atoms with Gasteiger partial charge in [-0.1, -0.05) is 103 Å². The van der Waals surface area contributed by atoms with Crippen LogP contribution in [0, 0.1) is 30.1 Å². The number of β-amino-alcohol motifs (C(OH)–C–C–N with tert-alkyl or cyclic N) is 1. The molecule has 5 aliphatic rings. The van der Waals surface area contributed by atoms with Crippen LogP contribution in [0.1, 0.15) is 173 Å². The highest BCUT2D eigenvalue weighted by atomic mass is 32.1. The summed E-state index contributed by atoms with van der Waals surface area (Å²) in [5.74, 6) is 1.69. The number of rotatable bonds is 26. The fourth-order valence-corrected chi connectivity index (χ4v) is 12.3. The molecule has 7 rings (SSSR count). The molecule has 1 aromatic heterocycles. The van der Waals surface area contributed by atoms with E-state index in [-0.39, 0.29) is 61.1 Å². The van der Waals surface area contributed by atoms with E-state index in [1.807, 2.05) is 57.5 Å². The van der Waals surface area contributed by atoms with Crippen LogP contribution in [-0.2, 0) is 25.7 Å². The maximum atomic E-state index is 14.0. The van der Waals surface area contributed by atoms with Gasteiger partial charge in [0.15, 0.2) is 0 Å². The number of carbonyl (C=O) groups excluding carboxylic acids is 5. The summed E-state index contributed by atoms with van der Waals surface area (Å²) in [5, 5.41) is 26.0. The zero-order valence-corrected chi connectivity index (χ0v) is 41.3. The minimum atomic E-state index is -0.857. The number of thiazole rings is 1. The Kier molecular flexibility index (Phi) is 19.3. The van der Waals surface area contributed by atoms with Gasteiger partial charge in [0, 0.05) is 51.0 Å². The van der Waals surface area contributed by atoms with Crippen LogP contribution in [0.4, 0.5) is 4.79 Å². The lowest BCUT2D eigenvalue weighted by Gasteiger charge is -2.56. The SMILES string of the molecule is Cc1ncsc1-c1ccc(CNC(=O)C2CC(O)CN2C(=O)C(NC(=O)CCCCCCNC(=O)CCCCCCCCCCCNC(=O)NC23CC4CC(CC(C4)C2)C3)C(C)(C)C)cc1. The number of nitrogens with one attached hydrogen (secondary N) is 5. The molecule has 366 valence electrons. The number of unbranched alkanes of at least 4 members (excludes halogenated alkanes) is 11. The largest absolute Gasteiger partial charge is 0.391 e. The Morgan fingerprint density at radius 1 is 0.742 bits per heavy atom. The summed E-state index contributed by atoms with van der Waals surface area (Å²) in [4.78, 5) is 72.4. The first-order valence-corrected chi connectivity index (χ1v) is 26.4. The Balaban J connectivity index is 0.747. The van der Waals surface area contributed by atoms with Crippen LogP contribution in [0.15, 0.2) is 29.8 Å². The Hall–Kier alpha value is -4.04. The molecule has 2 aromatic rings. The summed E-state index contributed by atoms with van der Waals surface area (Å²) >= 11 is 1.58. The second-order valence-electron chi connectivity index (χ2n) is 21.5. The zero-order valence-electron chi connectivity index (χ0n) is 40.5. The maximum Gasteiger partial charge on any atom is 0.315 e. The number of likely N-dealkylation sites (tertiary alicyclic amines) is 1. The number of hydrogen-bond donors (Lipinski definition) is 6. The van der Waals surface area contributed by atoms with Crippen LogP contribution >= 0.6 is 11.3 Å². The molecule has 1 aliphatic heterocycles. The highest BCUT2D eigenvalue weighted by Gasteiger charge is 2.51. The van der Waals surface area contributed by atoms with Gasteiger partial charge in [-0.25, -0.2) is 9.78 Å². The predicted octanol–water partition coefficient (Wildman–Crippen LogP) is 8.46. The predicted molar refractivity (Wildman–Crippen MR) is 261 cm³/mol. The van der Waals surface area contributed by atoms with E-state index in [0.717, 1.165) is 97.4 Å². The topological polar surface area (TPSA) is 182 Å². The summed E-state index contributed by atoms with van der Waals surface area (Å²) < 4.78 is 0. The maximum absolute atomic E-state index is 14.0. The molecule has 4 bridgehead atoms. The van der Waals surface area contributed by atoms with Gasteiger partial charge in [-0.15, -0.1) is 11.3 Å². The van der Waals surface area contributed by atoms with Crippen molar-refractivity contribution >= 4 is 41.0 Å². The summed E-state index contributed by atoms with van der Waals surface area (Å²) in [6.07, 6.45) is 21.3. The molecule has 0 spiro atoms. The van der Waals surface area contributed by atoms with Gasteiger partial charge in [0.2, 0.25) is 23.6 Å². The van der Waals surface area contributed by atoms with Crippen molar-refractivity contribution in [3.63, 3.8) is 0 Å². The van der Waals surface area contributed by atoms with Crippen molar-refractivity contribution in [1.82, 2.24) is 36.5 Å². The van der Waals surface area contributed by atoms with Crippen LogP contribution in [0.3, 0.4) is 0 Å². The second kappa shape index (κ2) is 24.8. The lowest BCUT2D eigenvalue weighted by Crippen LogP contribution is -2.61. The third-order valence-electron chi connectivity index (χ3n) is 14.6. The molecule has 2 heterocycles. The molecule has 4 saturated carbocycles. The fraction of sp³-hybridized carbons (Fsp3) is 0.731. The van der Waals surface area contributed by atoms with E-state index in [2.05, 4.69) is 31.6 Å². The number of aromatic nitrogens is 1. The molecule has 3 atom stereocenters. The normalized spacial score (nSPS) is 23.7. The molecule has 1 aromatic carbocycles. The quantitative estimate of drug-likeness (QED) is 0.0512. The van der Waals surface area contributed by atoms with Crippen LogP contribution in [0.5, 0.6) is 0 Å². The number of aliphatic hydroxyl groups excluding tert-OH is 1. The third kappa shape index (κ3) is 15.5. The molecule has 6 N–H and O–H groups in total. The molecule has 4 aliphatic carbocycles.